The van der Waals surface area contributed by atoms with E-state index in [1.807, 2.05) is 32.0 Å². The predicted molar refractivity (Wildman–Crippen MR) is 95.5 cm³/mol. The summed E-state index contributed by atoms with van der Waals surface area (Å²) in [6, 6.07) is 9.72. The van der Waals surface area contributed by atoms with E-state index in [1.54, 1.807) is 0 Å². The lowest BCUT2D eigenvalue weighted by Crippen LogP contribution is -2.25. The molecule has 4 nitrogen and oxygen atoms in total. The molecule has 0 radical (unpaired) electrons. The molecule has 0 N–H and O–H groups in total. The molecular formula is C20H19FN2O2. The topological polar surface area (TPSA) is 52.0 Å². The first-order chi connectivity index (χ1) is 12.0. The zero-order valence-corrected chi connectivity index (χ0v) is 14.3. The minimum Gasteiger partial charge on any atom is -0.292 e. The number of hydrogen-bond acceptors (Lipinski definition) is 3. The Balaban J connectivity index is 1.99. The van der Waals surface area contributed by atoms with E-state index in [-0.39, 0.29) is 23.4 Å². The second-order valence-corrected chi connectivity index (χ2v) is 5.96. The van der Waals surface area contributed by atoms with Gasteiger partial charge in [0.2, 0.25) is 0 Å². The smallest absolute Gasteiger partial charge is 0.261 e. The second-order valence-electron chi connectivity index (χ2n) is 5.96. The quantitative estimate of drug-likeness (QED) is 0.669. The number of hydrogen-bond donors (Lipinski definition) is 0. The van der Waals surface area contributed by atoms with Crippen LogP contribution in [0.15, 0.2) is 47.5 Å². The van der Waals surface area contributed by atoms with Gasteiger partial charge in [-0.05, 0) is 42.2 Å². The fourth-order valence-electron chi connectivity index (χ4n) is 2.90. The van der Waals surface area contributed by atoms with E-state index in [0.717, 1.165) is 24.0 Å². The van der Waals surface area contributed by atoms with Gasteiger partial charge in [0.25, 0.3) is 5.56 Å². The third kappa shape index (κ3) is 3.36. The molecule has 0 fully saturated rings. The second kappa shape index (κ2) is 6.97. The van der Waals surface area contributed by atoms with Crippen LogP contribution in [0.4, 0.5) is 4.39 Å². The molecule has 3 rings (SSSR count). The predicted octanol–water partition coefficient (Wildman–Crippen LogP) is 3.54. The van der Waals surface area contributed by atoms with Crippen LogP contribution < -0.4 is 5.56 Å². The highest BCUT2D eigenvalue weighted by Crippen LogP contribution is 2.15. The summed E-state index contributed by atoms with van der Waals surface area (Å²) in [6.45, 7) is 3.95. The zero-order chi connectivity index (χ0) is 18.0. The van der Waals surface area contributed by atoms with Crippen molar-refractivity contribution in [2.24, 2.45) is 0 Å². The maximum atomic E-state index is 13.3. The molecule has 0 spiro atoms. The Morgan fingerprint density at radius 3 is 2.64 bits per heavy atom. The Labute approximate surface area is 144 Å². The molecule has 2 aromatic carbocycles. The summed E-state index contributed by atoms with van der Waals surface area (Å²) in [7, 11) is 0. The Hall–Kier alpha value is -2.82. The van der Waals surface area contributed by atoms with Gasteiger partial charge >= 0.3 is 0 Å². The number of aryl methyl sites for hydroxylation is 2. The molecule has 3 aromatic rings. The van der Waals surface area contributed by atoms with Crippen molar-refractivity contribution in [1.82, 2.24) is 9.55 Å². The SMILES string of the molecule is CCc1ccc(CC)c(C(=O)Cn2cnc3cc(F)ccc3c2=O)c1. The zero-order valence-electron chi connectivity index (χ0n) is 14.3. The van der Waals surface area contributed by atoms with Gasteiger partial charge in [-0.1, -0.05) is 26.0 Å². The van der Waals surface area contributed by atoms with Gasteiger partial charge in [-0.2, -0.15) is 0 Å². The van der Waals surface area contributed by atoms with Crippen molar-refractivity contribution in [1.29, 1.82) is 0 Å². The maximum absolute atomic E-state index is 13.3. The maximum Gasteiger partial charge on any atom is 0.261 e. The molecule has 0 saturated carbocycles. The number of ketones is 1. The Morgan fingerprint density at radius 1 is 1.12 bits per heavy atom. The lowest BCUT2D eigenvalue weighted by Gasteiger charge is -2.11. The first-order valence-electron chi connectivity index (χ1n) is 8.33. The molecule has 25 heavy (non-hydrogen) atoms. The largest absolute Gasteiger partial charge is 0.292 e. The van der Waals surface area contributed by atoms with Gasteiger partial charge < -0.3 is 0 Å². The lowest BCUT2D eigenvalue weighted by molar-refractivity contribution is 0.0969. The van der Waals surface area contributed by atoms with Crippen LogP contribution in [-0.2, 0) is 19.4 Å². The molecule has 0 bridgehead atoms. The number of nitrogens with zero attached hydrogens (tertiary/aromatic N) is 2. The summed E-state index contributed by atoms with van der Waals surface area (Å²) in [4.78, 5) is 29.4. The Bertz CT molecular complexity index is 1010. The first-order valence-corrected chi connectivity index (χ1v) is 8.33. The summed E-state index contributed by atoms with van der Waals surface area (Å²) >= 11 is 0. The van der Waals surface area contributed by atoms with Crippen LogP contribution in [0.5, 0.6) is 0 Å². The van der Waals surface area contributed by atoms with Crippen LogP contribution in [-0.4, -0.2) is 15.3 Å². The number of rotatable bonds is 5. The molecule has 0 aliphatic carbocycles. The molecular weight excluding hydrogens is 319 g/mol. The average Bonchev–Trinajstić information content (AvgIpc) is 2.63. The summed E-state index contributed by atoms with van der Waals surface area (Å²) in [6.07, 6.45) is 2.89. The molecule has 0 unspecified atom stereocenters. The normalized spacial score (nSPS) is 11.0. The third-order valence-corrected chi connectivity index (χ3v) is 4.37. The van der Waals surface area contributed by atoms with Crippen LogP contribution >= 0.6 is 0 Å². The molecule has 0 aliphatic rings. The van der Waals surface area contributed by atoms with E-state index in [4.69, 9.17) is 0 Å². The van der Waals surface area contributed by atoms with Crippen LogP contribution in [0, 0.1) is 5.82 Å². The van der Waals surface area contributed by atoms with Gasteiger partial charge in [0.05, 0.1) is 23.8 Å². The van der Waals surface area contributed by atoms with E-state index < -0.39 is 5.82 Å². The fraction of sp³-hybridized carbons (Fsp3) is 0.250. The highest BCUT2D eigenvalue weighted by molar-refractivity contribution is 5.97. The fourth-order valence-corrected chi connectivity index (χ4v) is 2.90. The molecule has 1 aromatic heterocycles. The Kier molecular flexibility index (Phi) is 4.74. The van der Waals surface area contributed by atoms with Gasteiger partial charge in [0, 0.05) is 11.6 Å². The molecule has 0 amide bonds. The van der Waals surface area contributed by atoms with Crippen molar-refractivity contribution in [2.75, 3.05) is 0 Å². The number of benzene rings is 2. The van der Waals surface area contributed by atoms with E-state index in [2.05, 4.69) is 4.98 Å². The molecule has 5 heteroatoms. The molecule has 0 aliphatic heterocycles. The van der Waals surface area contributed by atoms with Crippen LogP contribution in [0.3, 0.4) is 0 Å². The number of aromatic nitrogens is 2. The third-order valence-electron chi connectivity index (χ3n) is 4.37. The van der Waals surface area contributed by atoms with Crippen molar-refractivity contribution in [3.05, 3.63) is 75.6 Å². The van der Waals surface area contributed by atoms with Gasteiger partial charge in [0.1, 0.15) is 5.82 Å². The molecule has 0 saturated heterocycles. The summed E-state index contributed by atoms with van der Waals surface area (Å²) in [5.74, 6) is -0.574. The van der Waals surface area contributed by atoms with Crippen LogP contribution in [0.1, 0.15) is 35.3 Å². The van der Waals surface area contributed by atoms with Gasteiger partial charge in [-0.3, -0.25) is 14.2 Å². The van der Waals surface area contributed by atoms with E-state index in [0.29, 0.717) is 10.9 Å². The van der Waals surface area contributed by atoms with Crippen molar-refractivity contribution in [2.45, 2.75) is 33.2 Å². The summed E-state index contributed by atoms with van der Waals surface area (Å²) in [5.41, 5.74) is 2.64. The highest BCUT2D eigenvalue weighted by atomic mass is 19.1. The standard InChI is InChI=1S/C20H19FN2O2/c1-3-13-5-6-14(4-2)17(9-13)19(24)11-23-12-22-18-10-15(21)7-8-16(18)20(23)25/h5-10,12H,3-4,11H2,1-2H3. The monoisotopic (exact) mass is 338 g/mol. The summed E-state index contributed by atoms with van der Waals surface area (Å²) < 4.78 is 14.5. The van der Waals surface area contributed by atoms with Gasteiger partial charge in [-0.15, -0.1) is 0 Å². The minimum atomic E-state index is -0.447. The van der Waals surface area contributed by atoms with E-state index >= 15 is 0 Å². The van der Waals surface area contributed by atoms with Crippen LogP contribution in [0.25, 0.3) is 10.9 Å². The Morgan fingerprint density at radius 2 is 1.92 bits per heavy atom. The van der Waals surface area contributed by atoms with E-state index in [1.165, 1.54) is 29.1 Å². The lowest BCUT2D eigenvalue weighted by atomic mass is 9.97. The van der Waals surface area contributed by atoms with Crippen molar-refractivity contribution in [3.8, 4) is 0 Å². The van der Waals surface area contributed by atoms with Gasteiger partial charge in [-0.25, -0.2) is 9.37 Å². The highest BCUT2D eigenvalue weighted by Gasteiger charge is 2.14. The number of halogens is 1. The number of carbonyl (C=O) groups is 1. The average molecular weight is 338 g/mol. The molecule has 1 heterocycles. The van der Waals surface area contributed by atoms with E-state index in [9.17, 15) is 14.0 Å². The van der Waals surface area contributed by atoms with Gasteiger partial charge in [0.15, 0.2) is 5.78 Å². The molecule has 128 valence electrons. The summed E-state index contributed by atoms with van der Waals surface area (Å²) in [5, 5.41) is 0.301. The molecule has 0 atom stereocenters. The van der Waals surface area contributed by atoms with Crippen molar-refractivity contribution < 1.29 is 9.18 Å². The number of carbonyl (C=O) groups excluding carboxylic acids is 1. The number of fused-ring (bicyclic) bond motifs is 1. The minimum absolute atomic E-state index is 0.0840. The van der Waals surface area contributed by atoms with Crippen LogP contribution in [0.2, 0.25) is 0 Å². The van der Waals surface area contributed by atoms with Crippen molar-refractivity contribution in [3.63, 3.8) is 0 Å². The number of Topliss-reactive ketones (excluding diaryl/α,β-unsaturated/α-hetero) is 1. The van der Waals surface area contributed by atoms with Crippen molar-refractivity contribution >= 4 is 16.7 Å². The first kappa shape index (κ1) is 17.0.